The maximum atomic E-state index is 12.8. The predicted molar refractivity (Wildman–Crippen MR) is 110 cm³/mol. The number of halogens is 3. The summed E-state index contributed by atoms with van der Waals surface area (Å²) in [5, 5.41) is 3.68. The van der Waals surface area contributed by atoms with Crippen molar-refractivity contribution in [3.05, 3.63) is 62.5 Å². The maximum absolute atomic E-state index is 12.8. The number of carbonyl (C=O) groups is 2. The molecule has 2 rings (SSSR count). The van der Waals surface area contributed by atoms with Crippen LogP contribution in [0.4, 0.5) is 0 Å². The van der Waals surface area contributed by atoms with Gasteiger partial charge < -0.3 is 15.0 Å². The Kier molecular flexibility index (Phi) is 7.95. The van der Waals surface area contributed by atoms with Gasteiger partial charge in [-0.05, 0) is 58.7 Å². The van der Waals surface area contributed by atoms with Crippen LogP contribution in [0.15, 0.2) is 46.9 Å². The van der Waals surface area contributed by atoms with Crippen molar-refractivity contribution in [2.24, 2.45) is 0 Å². The van der Waals surface area contributed by atoms with Crippen molar-refractivity contribution in [3.63, 3.8) is 0 Å². The molecular weight excluding hydrogens is 455 g/mol. The Balaban J connectivity index is 2.15. The van der Waals surface area contributed by atoms with Gasteiger partial charge in [0.2, 0.25) is 5.91 Å². The molecule has 0 aliphatic rings. The van der Waals surface area contributed by atoms with E-state index in [1.165, 1.54) is 11.9 Å². The molecule has 27 heavy (non-hydrogen) atoms. The molecule has 2 aromatic carbocycles. The van der Waals surface area contributed by atoms with Crippen molar-refractivity contribution in [2.45, 2.75) is 19.5 Å². The summed E-state index contributed by atoms with van der Waals surface area (Å²) in [4.78, 5) is 26.3. The van der Waals surface area contributed by atoms with Crippen LogP contribution in [0.5, 0.6) is 5.75 Å². The quantitative estimate of drug-likeness (QED) is 0.652. The summed E-state index contributed by atoms with van der Waals surface area (Å²) in [5.74, 6) is -0.103. The Morgan fingerprint density at radius 1 is 1.19 bits per heavy atom. The largest absolute Gasteiger partial charge is 0.483 e. The molecule has 0 aromatic heterocycles. The van der Waals surface area contributed by atoms with Crippen molar-refractivity contribution in [3.8, 4) is 5.75 Å². The van der Waals surface area contributed by atoms with Crippen molar-refractivity contribution >= 4 is 50.9 Å². The summed E-state index contributed by atoms with van der Waals surface area (Å²) < 4.78 is 6.25. The van der Waals surface area contributed by atoms with Gasteiger partial charge in [-0.15, -0.1) is 0 Å². The highest BCUT2D eigenvalue weighted by atomic mass is 79.9. The SMILES string of the molecule is CNC(=O)[C@@H](C)N(Cc1cccc(Cl)c1)C(=O)COc1ccc(Cl)cc1Br. The lowest BCUT2D eigenvalue weighted by molar-refractivity contribution is -0.142. The second-order valence-corrected chi connectivity index (χ2v) is 7.53. The third-order valence-corrected chi connectivity index (χ3v) is 4.99. The molecule has 2 aromatic rings. The number of benzene rings is 2. The fourth-order valence-corrected chi connectivity index (χ4v) is 3.45. The first-order valence-electron chi connectivity index (χ1n) is 8.15. The summed E-state index contributed by atoms with van der Waals surface area (Å²) >= 11 is 15.3. The maximum Gasteiger partial charge on any atom is 0.261 e. The molecule has 0 bridgehead atoms. The zero-order valence-corrected chi connectivity index (χ0v) is 17.9. The molecule has 1 atom stereocenters. The van der Waals surface area contributed by atoms with E-state index in [-0.39, 0.29) is 25.0 Å². The monoisotopic (exact) mass is 472 g/mol. The molecule has 0 aliphatic heterocycles. The predicted octanol–water partition coefficient (Wildman–Crippen LogP) is 4.30. The second-order valence-electron chi connectivity index (χ2n) is 5.81. The Labute approximate surface area is 176 Å². The van der Waals surface area contributed by atoms with E-state index in [2.05, 4.69) is 21.2 Å². The van der Waals surface area contributed by atoms with Crippen LogP contribution < -0.4 is 10.1 Å². The van der Waals surface area contributed by atoms with E-state index in [0.29, 0.717) is 20.3 Å². The van der Waals surface area contributed by atoms with Crippen LogP contribution in [0.25, 0.3) is 0 Å². The van der Waals surface area contributed by atoms with Crippen LogP contribution in [0.3, 0.4) is 0 Å². The van der Waals surface area contributed by atoms with E-state index in [4.69, 9.17) is 27.9 Å². The van der Waals surface area contributed by atoms with Crippen molar-refractivity contribution in [1.29, 1.82) is 0 Å². The van der Waals surface area contributed by atoms with E-state index in [9.17, 15) is 9.59 Å². The fraction of sp³-hybridized carbons (Fsp3) is 0.263. The van der Waals surface area contributed by atoms with Gasteiger partial charge in [0, 0.05) is 23.6 Å². The number of hydrogen-bond acceptors (Lipinski definition) is 3. The topological polar surface area (TPSA) is 58.6 Å². The van der Waals surface area contributed by atoms with Crippen LogP contribution in [0.1, 0.15) is 12.5 Å². The van der Waals surface area contributed by atoms with Gasteiger partial charge in [0.25, 0.3) is 5.91 Å². The molecule has 0 unspecified atom stereocenters. The lowest BCUT2D eigenvalue weighted by Crippen LogP contribution is -2.48. The molecule has 0 fully saturated rings. The minimum atomic E-state index is -0.668. The molecule has 0 saturated carbocycles. The minimum Gasteiger partial charge on any atom is -0.483 e. The summed E-state index contributed by atoms with van der Waals surface area (Å²) in [6, 6.07) is 11.5. The third kappa shape index (κ3) is 6.13. The first-order chi connectivity index (χ1) is 12.8. The smallest absolute Gasteiger partial charge is 0.261 e. The number of rotatable bonds is 7. The molecule has 0 saturated heterocycles. The number of likely N-dealkylation sites (N-methyl/N-ethyl adjacent to an activating group) is 1. The number of nitrogens with zero attached hydrogens (tertiary/aromatic N) is 1. The molecule has 1 N–H and O–H groups in total. The van der Waals surface area contributed by atoms with Gasteiger partial charge in [0.1, 0.15) is 11.8 Å². The molecule has 0 aliphatic carbocycles. The summed E-state index contributed by atoms with van der Waals surface area (Å²) in [7, 11) is 1.53. The second kappa shape index (κ2) is 9.97. The molecule has 8 heteroatoms. The molecule has 2 amide bonds. The average Bonchev–Trinajstić information content (AvgIpc) is 2.64. The van der Waals surface area contributed by atoms with E-state index >= 15 is 0 Å². The normalized spacial score (nSPS) is 11.6. The highest BCUT2D eigenvalue weighted by Gasteiger charge is 2.26. The standard InChI is InChI=1S/C19H19BrCl2N2O3/c1-12(19(26)23-2)24(10-13-4-3-5-14(21)8-13)18(25)11-27-17-7-6-15(22)9-16(17)20/h3-9,12H,10-11H2,1-2H3,(H,23,26)/t12-/m1/s1. The van der Waals surface area contributed by atoms with E-state index in [1.54, 1.807) is 43.3 Å². The molecular formula is C19H19BrCl2N2O3. The molecule has 0 radical (unpaired) electrons. The lowest BCUT2D eigenvalue weighted by atomic mass is 10.1. The molecule has 0 spiro atoms. The Bertz CT molecular complexity index is 832. The van der Waals surface area contributed by atoms with E-state index in [0.717, 1.165) is 5.56 Å². The first kappa shape index (κ1) is 21.5. The summed E-state index contributed by atoms with van der Waals surface area (Å²) in [5.41, 5.74) is 0.819. The van der Waals surface area contributed by atoms with Gasteiger partial charge in [0.15, 0.2) is 6.61 Å². The van der Waals surface area contributed by atoms with Crippen LogP contribution in [0.2, 0.25) is 10.0 Å². The van der Waals surface area contributed by atoms with Gasteiger partial charge in [-0.25, -0.2) is 0 Å². The Morgan fingerprint density at radius 3 is 2.52 bits per heavy atom. The first-order valence-corrected chi connectivity index (χ1v) is 9.70. The zero-order valence-electron chi connectivity index (χ0n) is 14.8. The number of ether oxygens (including phenoxy) is 1. The van der Waals surface area contributed by atoms with Crippen LogP contribution >= 0.6 is 39.1 Å². The summed E-state index contributed by atoms with van der Waals surface area (Å²) in [6.07, 6.45) is 0. The number of amides is 2. The van der Waals surface area contributed by atoms with Crippen LogP contribution in [-0.2, 0) is 16.1 Å². The highest BCUT2D eigenvalue weighted by molar-refractivity contribution is 9.10. The van der Waals surface area contributed by atoms with E-state index in [1.807, 2.05) is 6.07 Å². The van der Waals surface area contributed by atoms with Crippen LogP contribution in [0, 0.1) is 0 Å². The zero-order chi connectivity index (χ0) is 20.0. The summed E-state index contributed by atoms with van der Waals surface area (Å²) in [6.45, 7) is 1.68. The average molecular weight is 474 g/mol. The highest BCUT2D eigenvalue weighted by Crippen LogP contribution is 2.28. The van der Waals surface area contributed by atoms with Gasteiger partial charge >= 0.3 is 0 Å². The Morgan fingerprint density at radius 2 is 1.89 bits per heavy atom. The Hall–Kier alpha value is -1.76. The van der Waals surface area contributed by atoms with Crippen LogP contribution in [-0.4, -0.2) is 36.4 Å². The van der Waals surface area contributed by atoms with Gasteiger partial charge in [-0.2, -0.15) is 0 Å². The van der Waals surface area contributed by atoms with Crippen molar-refractivity contribution < 1.29 is 14.3 Å². The minimum absolute atomic E-state index is 0.220. The number of nitrogens with one attached hydrogen (secondary N) is 1. The van der Waals surface area contributed by atoms with Gasteiger partial charge in [-0.3, -0.25) is 9.59 Å². The third-order valence-electron chi connectivity index (χ3n) is 3.90. The fourth-order valence-electron chi connectivity index (χ4n) is 2.44. The number of carbonyl (C=O) groups excluding carboxylic acids is 2. The van der Waals surface area contributed by atoms with Crippen molar-refractivity contribution in [1.82, 2.24) is 10.2 Å². The number of hydrogen-bond donors (Lipinski definition) is 1. The molecule has 144 valence electrons. The lowest BCUT2D eigenvalue weighted by Gasteiger charge is -2.28. The van der Waals surface area contributed by atoms with Crippen molar-refractivity contribution in [2.75, 3.05) is 13.7 Å². The van der Waals surface area contributed by atoms with E-state index < -0.39 is 6.04 Å². The molecule has 5 nitrogen and oxygen atoms in total. The van der Waals surface area contributed by atoms with Gasteiger partial charge in [-0.1, -0.05) is 35.3 Å². The van der Waals surface area contributed by atoms with Gasteiger partial charge in [0.05, 0.1) is 4.47 Å². The molecule has 0 heterocycles.